The molecule has 8 heteroatoms. The average Bonchev–Trinajstić information content (AvgIpc) is 3.09. The molecule has 4 aliphatic rings. The van der Waals surface area contributed by atoms with Crippen LogP contribution in [0.25, 0.3) is 0 Å². The van der Waals surface area contributed by atoms with Crippen LogP contribution in [0, 0.1) is 34.5 Å². The second kappa shape index (κ2) is 9.99. The summed E-state index contributed by atoms with van der Waals surface area (Å²) in [7, 11) is 0. The molecule has 1 unspecified atom stereocenters. The molecule has 0 bridgehead atoms. The lowest BCUT2D eigenvalue weighted by atomic mass is 9.46. The molecule has 0 spiro atoms. The zero-order valence-electron chi connectivity index (χ0n) is 22.9. The first-order valence-electron chi connectivity index (χ1n) is 13.9. The molecule has 0 aromatic heterocycles. The van der Waals surface area contributed by atoms with Gasteiger partial charge < -0.3 is 25.2 Å². The van der Waals surface area contributed by atoms with Crippen molar-refractivity contribution in [2.45, 2.75) is 115 Å². The van der Waals surface area contributed by atoms with Crippen molar-refractivity contribution in [2.75, 3.05) is 5.33 Å². The van der Waals surface area contributed by atoms with E-state index < -0.39 is 46.3 Å². The van der Waals surface area contributed by atoms with E-state index >= 15 is 0 Å². The number of rotatable bonds is 7. The summed E-state index contributed by atoms with van der Waals surface area (Å²) >= 11 is 3.09. The Balaban J connectivity index is 1.60. The van der Waals surface area contributed by atoms with E-state index in [9.17, 15) is 30.0 Å². The predicted octanol–water partition coefficient (Wildman–Crippen LogP) is 3.68. The number of esters is 1. The molecule has 37 heavy (non-hydrogen) atoms. The number of fused-ring (bicyclic) bond motifs is 5. The smallest absolute Gasteiger partial charge is 0.316 e. The van der Waals surface area contributed by atoms with Crippen molar-refractivity contribution in [3.63, 3.8) is 0 Å². The predicted molar refractivity (Wildman–Crippen MR) is 143 cm³/mol. The van der Waals surface area contributed by atoms with Crippen LogP contribution in [0.4, 0.5) is 0 Å². The van der Waals surface area contributed by atoms with Crippen LogP contribution in [-0.2, 0) is 14.3 Å². The highest BCUT2D eigenvalue weighted by molar-refractivity contribution is 9.09. The average molecular weight is 586 g/mol. The maximum absolute atomic E-state index is 13.6. The highest BCUT2D eigenvalue weighted by atomic mass is 79.9. The molecule has 7 nitrogen and oxygen atoms in total. The van der Waals surface area contributed by atoms with Gasteiger partial charge in [-0.05, 0) is 100 Å². The van der Waals surface area contributed by atoms with Gasteiger partial charge in [0, 0.05) is 11.3 Å². The van der Waals surface area contributed by atoms with Gasteiger partial charge in [0.2, 0.25) is 0 Å². The van der Waals surface area contributed by atoms with Gasteiger partial charge in [-0.15, -0.1) is 0 Å². The summed E-state index contributed by atoms with van der Waals surface area (Å²) in [6.07, 6.45) is 4.03. The Bertz CT molecular complexity index is 943. The number of hydrogen-bond donors (Lipinski definition) is 4. The molecule has 0 aromatic carbocycles. The van der Waals surface area contributed by atoms with Gasteiger partial charge in [0.1, 0.15) is 11.4 Å². The maximum Gasteiger partial charge on any atom is 0.316 e. The van der Waals surface area contributed by atoms with Crippen LogP contribution in [0.1, 0.15) is 86.0 Å². The fraction of sp³-hybridized carbons (Fsp3) is 0.862. The van der Waals surface area contributed by atoms with Gasteiger partial charge in [0.25, 0.3) is 0 Å². The Kier molecular flexibility index (Phi) is 7.88. The van der Waals surface area contributed by atoms with E-state index in [0.29, 0.717) is 25.7 Å². The van der Waals surface area contributed by atoms with E-state index in [0.717, 1.165) is 24.8 Å². The van der Waals surface area contributed by atoms with E-state index in [1.807, 2.05) is 6.92 Å². The second-order valence-electron chi connectivity index (χ2n) is 13.5. The molecule has 3 saturated carbocycles. The number of ketones is 1. The number of carbonyl (C=O) groups excluding carboxylic acids is 2. The molecule has 0 heterocycles. The van der Waals surface area contributed by atoms with Gasteiger partial charge in [-0.1, -0.05) is 36.7 Å². The molecule has 4 N–H and O–H groups in total. The first kappa shape index (κ1) is 29.2. The normalized spacial score (nSPS) is 43.2. The van der Waals surface area contributed by atoms with Crippen molar-refractivity contribution < 1.29 is 34.8 Å². The van der Waals surface area contributed by atoms with Crippen molar-refractivity contribution in [3.05, 3.63) is 11.6 Å². The number of carbonyl (C=O) groups is 2. The fourth-order valence-corrected chi connectivity index (χ4v) is 8.73. The van der Waals surface area contributed by atoms with Crippen LogP contribution in [0.15, 0.2) is 11.6 Å². The minimum atomic E-state index is -1.14. The number of alkyl halides is 1. The standard InChI is InChI=1S/C29H45BrO7/c1-16(21(31)8-9-26(2,3)35)17-7-11-29(36)19-12-22(32)20-13-24(37-25(34)15-30)23(33)14-27(20,4)18(19)6-10-28(17,29)5/h12,16-18,20-21,23-24,31,33,35-36H,6-11,13-15H2,1-5H3/t16-,17+,18-,20-,21?,23-,24+,27+,28+,29+/m0/s1. The third kappa shape index (κ3) is 4.88. The molecule has 4 rings (SSSR count). The van der Waals surface area contributed by atoms with E-state index in [2.05, 4.69) is 29.8 Å². The van der Waals surface area contributed by atoms with E-state index in [4.69, 9.17) is 4.74 Å². The Labute approximate surface area is 229 Å². The van der Waals surface area contributed by atoms with Crippen molar-refractivity contribution >= 4 is 27.7 Å². The van der Waals surface area contributed by atoms with Gasteiger partial charge in [-0.2, -0.15) is 0 Å². The highest BCUT2D eigenvalue weighted by Crippen LogP contribution is 2.68. The number of allylic oxidation sites excluding steroid dienone is 1. The van der Waals surface area contributed by atoms with E-state index in [-0.39, 0.29) is 41.2 Å². The van der Waals surface area contributed by atoms with Crippen LogP contribution >= 0.6 is 15.9 Å². The third-order valence-electron chi connectivity index (χ3n) is 10.9. The maximum atomic E-state index is 13.6. The minimum Gasteiger partial charge on any atom is -0.459 e. The van der Waals surface area contributed by atoms with Gasteiger partial charge in [-0.25, -0.2) is 0 Å². The number of ether oxygens (including phenoxy) is 1. The van der Waals surface area contributed by atoms with Crippen LogP contribution in [0.2, 0.25) is 0 Å². The Hall–Kier alpha value is -0.800. The lowest BCUT2D eigenvalue weighted by Gasteiger charge is -2.60. The molecule has 210 valence electrons. The lowest BCUT2D eigenvalue weighted by molar-refractivity contribution is -0.173. The first-order chi connectivity index (χ1) is 17.1. The summed E-state index contributed by atoms with van der Waals surface area (Å²) in [5.41, 5.74) is -2.18. The monoisotopic (exact) mass is 584 g/mol. The molecule has 0 aliphatic heterocycles. The van der Waals surface area contributed by atoms with Crippen LogP contribution < -0.4 is 0 Å². The third-order valence-corrected chi connectivity index (χ3v) is 11.3. The highest BCUT2D eigenvalue weighted by Gasteiger charge is 2.67. The summed E-state index contributed by atoms with van der Waals surface area (Å²) in [6.45, 7) is 9.72. The fourth-order valence-electron chi connectivity index (χ4n) is 8.60. The zero-order valence-corrected chi connectivity index (χ0v) is 24.5. The Morgan fingerprint density at radius 3 is 2.54 bits per heavy atom. The van der Waals surface area contributed by atoms with Crippen LogP contribution in [0.3, 0.4) is 0 Å². The van der Waals surface area contributed by atoms with Crippen molar-refractivity contribution in [2.24, 2.45) is 34.5 Å². The Morgan fingerprint density at radius 1 is 1.24 bits per heavy atom. The summed E-state index contributed by atoms with van der Waals surface area (Å²) in [4.78, 5) is 25.4. The van der Waals surface area contributed by atoms with Crippen LogP contribution in [0.5, 0.6) is 0 Å². The van der Waals surface area contributed by atoms with E-state index in [1.165, 1.54) is 0 Å². The van der Waals surface area contributed by atoms with Crippen molar-refractivity contribution in [3.8, 4) is 0 Å². The zero-order chi connectivity index (χ0) is 27.6. The summed E-state index contributed by atoms with van der Waals surface area (Å²) < 4.78 is 5.44. The van der Waals surface area contributed by atoms with Gasteiger partial charge in [0.15, 0.2) is 5.78 Å². The van der Waals surface area contributed by atoms with Crippen LogP contribution in [-0.4, -0.2) is 67.0 Å². The topological polar surface area (TPSA) is 124 Å². The summed E-state index contributed by atoms with van der Waals surface area (Å²) in [5, 5.41) is 44.5. The van der Waals surface area contributed by atoms with Gasteiger partial charge >= 0.3 is 5.97 Å². The van der Waals surface area contributed by atoms with Gasteiger partial charge in [0.05, 0.1) is 23.4 Å². The minimum absolute atomic E-state index is 0.0371. The molecular formula is C29H45BrO7. The summed E-state index contributed by atoms with van der Waals surface area (Å²) in [6, 6.07) is 0. The Morgan fingerprint density at radius 2 is 1.92 bits per heavy atom. The van der Waals surface area contributed by atoms with Crippen molar-refractivity contribution in [1.82, 2.24) is 0 Å². The molecule has 0 saturated heterocycles. The molecule has 0 amide bonds. The van der Waals surface area contributed by atoms with E-state index in [1.54, 1.807) is 19.9 Å². The number of halogens is 1. The molecule has 10 atom stereocenters. The number of aliphatic hydroxyl groups excluding tert-OH is 2. The summed E-state index contributed by atoms with van der Waals surface area (Å²) in [5.74, 6) is -0.884. The molecule has 3 fully saturated rings. The number of hydrogen-bond acceptors (Lipinski definition) is 7. The van der Waals surface area contributed by atoms with Crippen molar-refractivity contribution in [1.29, 1.82) is 0 Å². The number of aliphatic hydroxyl groups is 4. The SMILES string of the molecule is C[C@H](C(O)CCC(C)(C)O)[C@H]1CC[C@@]2(O)C3=CC(=O)[C@@H]4C[C@@H](OC(=O)CBr)[C@@H](O)C[C@]4(C)[C@H]3CC[C@]12C. The first-order valence-corrected chi connectivity index (χ1v) is 15.0. The molecule has 4 aliphatic carbocycles. The second-order valence-corrected chi connectivity index (χ2v) is 14.1. The largest absolute Gasteiger partial charge is 0.459 e. The molecule has 0 aromatic rings. The quantitative estimate of drug-likeness (QED) is 0.266. The molecular weight excluding hydrogens is 540 g/mol. The molecule has 0 radical (unpaired) electrons. The lowest BCUT2D eigenvalue weighted by Crippen LogP contribution is -2.61. The van der Waals surface area contributed by atoms with Gasteiger partial charge in [-0.3, -0.25) is 9.59 Å².